The molecule has 3 rings (SSSR count). The third kappa shape index (κ3) is 4.01. The van der Waals surface area contributed by atoms with Gasteiger partial charge in [0.25, 0.3) is 0 Å². The van der Waals surface area contributed by atoms with Gasteiger partial charge in [-0.05, 0) is 24.3 Å². The van der Waals surface area contributed by atoms with Crippen molar-refractivity contribution in [3.8, 4) is 17.2 Å². The van der Waals surface area contributed by atoms with Crippen LogP contribution in [-0.4, -0.2) is 58.6 Å². The van der Waals surface area contributed by atoms with Crippen LogP contribution in [0.3, 0.4) is 0 Å². The Morgan fingerprint density at radius 2 is 1.55 bits per heavy atom. The monoisotopic (exact) mass is 398 g/mol. The molecule has 0 saturated heterocycles. The number of amidine groups is 1. The zero-order valence-corrected chi connectivity index (χ0v) is 16.6. The maximum atomic E-state index is 13.0. The lowest BCUT2D eigenvalue weighted by atomic mass is 10.0. The molecule has 2 aromatic rings. The zero-order chi connectivity index (χ0) is 21.0. The van der Waals surface area contributed by atoms with Crippen LogP contribution in [0.25, 0.3) is 0 Å². The van der Waals surface area contributed by atoms with Gasteiger partial charge in [-0.15, -0.1) is 0 Å². The number of aliphatic imine (C=N–C) groups is 1. The van der Waals surface area contributed by atoms with Gasteiger partial charge in [0, 0.05) is 17.7 Å². The van der Waals surface area contributed by atoms with Gasteiger partial charge in [-0.3, -0.25) is 9.79 Å². The molecular weight excluding hydrogens is 376 g/mol. The van der Waals surface area contributed by atoms with Crippen LogP contribution in [0.2, 0.25) is 0 Å². The molecule has 8 heteroatoms. The van der Waals surface area contributed by atoms with Crippen molar-refractivity contribution in [2.24, 2.45) is 4.99 Å². The van der Waals surface area contributed by atoms with E-state index in [0.717, 1.165) is 5.56 Å². The molecule has 0 amide bonds. The van der Waals surface area contributed by atoms with Crippen LogP contribution in [-0.2, 0) is 4.74 Å². The summed E-state index contributed by atoms with van der Waals surface area (Å²) in [4.78, 5) is 29.0. The molecule has 8 nitrogen and oxygen atoms in total. The van der Waals surface area contributed by atoms with E-state index in [1.807, 2.05) is 0 Å². The Balaban J connectivity index is 1.84. The number of hydrogen-bond acceptors (Lipinski definition) is 8. The largest absolute Gasteiger partial charge is 0.493 e. The summed E-state index contributed by atoms with van der Waals surface area (Å²) in [6, 6.07) is 9.45. The van der Waals surface area contributed by atoms with Gasteiger partial charge in [-0.25, -0.2) is 4.79 Å². The van der Waals surface area contributed by atoms with Gasteiger partial charge in [-0.1, -0.05) is 12.1 Å². The van der Waals surface area contributed by atoms with Crippen molar-refractivity contribution >= 4 is 17.6 Å². The Hall–Kier alpha value is -3.55. The summed E-state index contributed by atoms with van der Waals surface area (Å²) in [5, 5.41) is 3.14. The summed E-state index contributed by atoms with van der Waals surface area (Å²) in [6.07, 6.45) is 0. The molecule has 0 bridgehead atoms. The third-order valence-corrected chi connectivity index (χ3v) is 4.58. The molecule has 0 aromatic heterocycles. The number of nitrogens with one attached hydrogen (secondary N) is 1. The number of methoxy groups -OCH3 is 4. The van der Waals surface area contributed by atoms with Crippen LogP contribution in [0.5, 0.6) is 17.2 Å². The number of Topliss-reactive ketones (excluding diaryl/α,β-unsaturated/α-hetero) is 1. The Bertz CT molecular complexity index is 927. The second-order valence-corrected chi connectivity index (χ2v) is 6.22. The average molecular weight is 398 g/mol. The molecule has 1 atom stereocenters. The fourth-order valence-corrected chi connectivity index (χ4v) is 3.07. The summed E-state index contributed by atoms with van der Waals surface area (Å²) in [5.41, 5.74) is 1.63. The predicted octanol–water partition coefficient (Wildman–Crippen LogP) is 2.10. The minimum atomic E-state index is -0.590. The maximum Gasteiger partial charge on any atom is 0.337 e. The van der Waals surface area contributed by atoms with E-state index in [-0.39, 0.29) is 5.78 Å². The van der Waals surface area contributed by atoms with Gasteiger partial charge in [0.05, 0.1) is 34.0 Å². The number of ether oxygens (including phenoxy) is 4. The first-order valence-corrected chi connectivity index (χ1v) is 8.87. The molecule has 29 heavy (non-hydrogen) atoms. The number of esters is 1. The van der Waals surface area contributed by atoms with Crippen LogP contribution < -0.4 is 19.5 Å². The predicted molar refractivity (Wildman–Crippen MR) is 107 cm³/mol. The minimum Gasteiger partial charge on any atom is -0.493 e. The molecule has 2 aromatic carbocycles. The van der Waals surface area contributed by atoms with Crippen LogP contribution in [0.4, 0.5) is 0 Å². The van der Waals surface area contributed by atoms with Gasteiger partial charge in [-0.2, -0.15) is 0 Å². The van der Waals surface area contributed by atoms with Gasteiger partial charge in [0.1, 0.15) is 11.9 Å². The van der Waals surface area contributed by atoms with Gasteiger partial charge < -0.3 is 24.3 Å². The van der Waals surface area contributed by atoms with Gasteiger partial charge in [0.2, 0.25) is 5.75 Å². The van der Waals surface area contributed by atoms with Crippen molar-refractivity contribution < 1.29 is 28.5 Å². The van der Waals surface area contributed by atoms with E-state index >= 15 is 0 Å². The number of benzene rings is 2. The van der Waals surface area contributed by atoms with Crippen molar-refractivity contribution in [3.63, 3.8) is 0 Å². The van der Waals surface area contributed by atoms with Gasteiger partial charge in [0.15, 0.2) is 17.3 Å². The average Bonchev–Trinajstić information content (AvgIpc) is 3.27. The second kappa shape index (κ2) is 8.64. The van der Waals surface area contributed by atoms with E-state index < -0.39 is 12.0 Å². The highest BCUT2D eigenvalue weighted by Gasteiger charge is 2.27. The Morgan fingerprint density at radius 3 is 2.07 bits per heavy atom. The number of rotatable bonds is 7. The normalized spacial score (nSPS) is 15.2. The first-order chi connectivity index (χ1) is 14.0. The lowest BCUT2D eigenvalue weighted by molar-refractivity contribution is 0.0600. The summed E-state index contributed by atoms with van der Waals surface area (Å²) in [6.45, 7) is 0.365. The molecule has 0 saturated carbocycles. The van der Waals surface area contributed by atoms with E-state index in [1.54, 1.807) is 36.4 Å². The summed E-state index contributed by atoms with van der Waals surface area (Å²) >= 11 is 0. The number of nitrogens with zero attached hydrogens (tertiary/aromatic N) is 1. The molecule has 1 heterocycles. The Labute approximate surface area is 168 Å². The highest BCUT2D eigenvalue weighted by Crippen LogP contribution is 2.38. The number of hydrogen-bond donors (Lipinski definition) is 1. The summed E-state index contributed by atoms with van der Waals surface area (Å²) in [5.74, 6) is 1.25. The SMILES string of the molecule is COC(=O)c1ccc(C2=NC(C(=O)c3cc(OC)c(OC)c(OC)c3)CN2)cc1. The zero-order valence-electron chi connectivity index (χ0n) is 16.6. The number of ketones is 1. The van der Waals surface area contributed by atoms with Crippen molar-refractivity contribution in [1.82, 2.24) is 5.32 Å². The van der Waals surface area contributed by atoms with Crippen LogP contribution in [0, 0.1) is 0 Å². The molecule has 0 radical (unpaired) electrons. The lowest BCUT2D eigenvalue weighted by Gasteiger charge is -2.14. The van der Waals surface area contributed by atoms with E-state index in [0.29, 0.717) is 40.8 Å². The molecule has 1 unspecified atom stereocenters. The standard InChI is InChI=1S/C21H22N2O6/c1-26-16-9-14(10-17(27-2)19(16)28-3)18(24)15-11-22-20(23-15)12-5-7-13(8-6-12)21(25)29-4/h5-10,15H,11H2,1-4H3,(H,22,23). The van der Waals surface area contributed by atoms with Crippen molar-refractivity contribution in [2.45, 2.75) is 6.04 Å². The van der Waals surface area contributed by atoms with Crippen molar-refractivity contribution in [1.29, 1.82) is 0 Å². The van der Waals surface area contributed by atoms with Crippen molar-refractivity contribution in [2.75, 3.05) is 35.0 Å². The first-order valence-electron chi connectivity index (χ1n) is 8.87. The van der Waals surface area contributed by atoms with E-state index in [1.165, 1.54) is 28.4 Å². The lowest BCUT2D eigenvalue weighted by Crippen LogP contribution is -2.26. The quantitative estimate of drug-likeness (QED) is 0.564. The minimum absolute atomic E-state index is 0.169. The van der Waals surface area contributed by atoms with Crippen LogP contribution >= 0.6 is 0 Å². The molecule has 152 valence electrons. The molecule has 0 spiro atoms. The molecule has 1 N–H and O–H groups in total. The molecular formula is C21H22N2O6. The Morgan fingerprint density at radius 1 is 0.931 bits per heavy atom. The fourth-order valence-electron chi connectivity index (χ4n) is 3.07. The maximum absolute atomic E-state index is 13.0. The number of carbonyl (C=O) groups excluding carboxylic acids is 2. The molecule has 0 aliphatic carbocycles. The molecule has 0 fully saturated rings. The number of carbonyl (C=O) groups is 2. The summed E-state index contributed by atoms with van der Waals surface area (Å²) in [7, 11) is 5.83. The fraction of sp³-hybridized carbons (Fsp3) is 0.286. The highest BCUT2D eigenvalue weighted by molar-refractivity contribution is 6.07. The third-order valence-electron chi connectivity index (χ3n) is 4.58. The summed E-state index contributed by atoms with van der Waals surface area (Å²) < 4.78 is 20.6. The van der Waals surface area contributed by atoms with Crippen LogP contribution in [0.15, 0.2) is 41.4 Å². The second-order valence-electron chi connectivity index (χ2n) is 6.22. The first kappa shape index (κ1) is 20.2. The van der Waals surface area contributed by atoms with E-state index in [2.05, 4.69) is 10.3 Å². The van der Waals surface area contributed by atoms with Gasteiger partial charge >= 0.3 is 5.97 Å². The highest BCUT2D eigenvalue weighted by atomic mass is 16.5. The topological polar surface area (TPSA) is 95.5 Å². The molecule has 1 aliphatic rings. The van der Waals surface area contributed by atoms with Crippen molar-refractivity contribution in [3.05, 3.63) is 53.1 Å². The Kier molecular flexibility index (Phi) is 6.01. The van der Waals surface area contributed by atoms with Crippen LogP contribution in [0.1, 0.15) is 26.3 Å². The smallest absolute Gasteiger partial charge is 0.337 e. The molecule has 1 aliphatic heterocycles. The van der Waals surface area contributed by atoms with E-state index in [9.17, 15) is 9.59 Å². The van der Waals surface area contributed by atoms with E-state index in [4.69, 9.17) is 18.9 Å².